The third-order valence-electron chi connectivity index (χ3n) is 2.03. The predicted molar refractivity (Wildman–Crippen MR) is 55.3 cm³/mol. The van der Waals surface area contributed by atoms with Crippen molar-refractivity contribution in [2.75, 3.05) is 13.1 Å². The van der Waals surface area contributed by atoms with Gasteiger partial charge in [-0.05, 0) is 19.8 Å². The van der Waals surface area contributed by atoms with E-state index < -0.39 is 6.10 Å². The van der Waals surface area contributed by atoms with Gasteiger partial charge in [-0.2, -0.15) is 0 Å². The van der Waals surface area contributed by atoms with E-state index in [1.54, 1.807) is 4.90 Å². The van der Waals surface area contributed by atoms with Crippen LogP contribution in [0.2, 0.25) is 0 Å². The highest BCUT2D eigenvalue weighted by molar-refractivity contribution is 14.1. The SMILES string of the molecule is CC(O)C(=O)N1CCCC(I)C1. The quantitative estimate of drug-likeness (QED) is 0.571. The first-order valence-electron chi connectivity index (χ1n) is 4.22. The van der Waals surface area contributed by atoms with Crippen molar-refractivity contribution in [1.82, 2.24) is 4.90 Å². The number of hydrogen-bond acceptors (Lipinski definition) is 2. The van der Waals surface area contributed by atoms with Crippen molar-refractivity contribution >= 4 is 28.5 Å². The van der Waals surface area contributed by atoms with Gasteiger partial charge in [0.2, 0.25) is 0 Å². The average molecular weight is 283 g/mol. The van der Waals surface area contributed by atoms with Crippen LogP contribution < -0.4 is 0 Å². The smallest absolute Gasteiger partial charge is 0.251 e. The average Bonchev–Trinajstić information content (AvgIpc) is 2.03. The van der Waals surface area contributed by atoms with Crippen LogP contribution in [0.3, 0.4) is 0 Å². The van der Waals surface area contributed by atoms with Crippen molar-refractivity contribution < 1.29 is 9.90 Å². The van der Waals surface area contributed by atoms with E-state index >= 15 is 0 Å². The van der Waals surface area contributed by atoms with Crippen LogP contribution >= 0.6 is 22.6 Å². The van der Waals surface area contributed by atoms with Crippen LogP contribution in [0, 0.1) is 0 Å². The zero-order chi connectivity index (χ0) is 9.14. The highest BCUT2D eigenvalue weighted by Gasteiger charge is 2.23. The molecule has 0 aromatic carbocycles. The molecule has 4 heteroatoms. The molecule has 0 radical (unpaired) electrons. The van der Waals surface area contributed by atoms with Gasteiger partial charge in [-0.1, -0.05) is 22.6 Å². The Kier molecular flexibility index (Phi) is 3.77. The normalized spacial score (nSPS) is 26.9. The van der Waals surface area contributed by atoms with Gasteiger partial charge in [0.25, 0.3) is 5.91 Å². The molecule has 0 spiro atoms. The molecule has 0 aliphatic carbocycles. The van der Waals surface area contributed by atoms with Crippen LogP contribution in [0.15, 0.2) is 0 Å². The third kappa shape index (κ3) is 2.58. The summed E-state index contributed by atoms with van der Waals surface area (Å²) in [6, 6.07) is 0. The Morgan fingerprint density at radius 2 is 2.42 bits per heavy atom. The molecule has 1 saturated heterocycles. The standard InChI is InChI=1S/C8H14INO2/c1-6(11)8(12)10-4-2-3-7(9)5-10/h6-7,11H,2-5H2,1H3. The van der Waals surface area contributed by atoms with Gasteiger partial charge in [0.15, 0.2) is 0 Å². The van der Waals surface area contributed by atoms with Crippen molar-refractivity contribution in [3.8, 4) is 0 Å². The molecule has 0 bridgehead atoms. The van der Waals surface area contributed by atoms with Crippen molar-refractivity contribution in [3.63, 3.8) is 0 Å². The summed E-state index contributed by atoms with van der Waals surface area (Å²) in [7, 11) is 0. The summed E-state index contributed by atoms with van der Waals surface area (Å²) in [5, 5.41) is 9.07. The van der Waals surface area contributed by atoms with E-state index in [1.165, 1.54) is 13.3 Å². The number of alkyl halides is 1. The summed E-state index contributed by atoms with van der Waals surface area (Å²) in [5.41, 5.74) is 0. The number of carbonyl (C=O) groups is 1. The Labute approximate surface area is 86.3 Å². The van der Waals surface area contributed by atoms with E-state index in [1.807, 2.05) is 0 Å². The molecular weight excluding hydrogens is 269 g/mol. The largest absolute Gasteiger partial charge is 0.384 e. The third-order valence-corrected chi connectivity index (χ3v) is 3.05. The van der Waals surface area contributed by atoms with Crippen LogP contribution in [-0.2, 0) is 4.79 Å². The number of likely N-dealkylation sites (tertiary alicyclic amines) is 1. The second kappa shape index (κ2) is 4.41. The number of aliphatic hydroxyl groups is 1. The number of nitrogens with zero attached hydrogens (tertiary/aromatic N) is 1. The molecule has 1 aliphatic heterocycles. The molecule has 1 amide bonds. The zero-order valence-corrected chi connectivity index (χ0v) is 9.32. The number of aliphatic hydroxyl groups excluding tert-OH is 1. The molecule has 2 atom stereocenters. The number of hydrogen-bond donors (Lipinski definition) is 1. The van der Waals surface area contributed by atoms with Gasteiger partial charge in [0.05, 0.1) is 0 Å². The van der Waals surface area contributed by atoms with Gasteiger partial charge in [0.1, 0.15) is 6.10 Å². The van der Waals surface area contributed by atoms with E-state index in [0.717, 1.165) is 19.5 Å². The second-order valence-corrected chi connectivity index (χ2v) is 4.96. The van der Waals surface area contributed by atoms with E-state index in [0.29, 0.717) is 3.92 Å². The van der Waals surface area contributed by atoms with Crippen molar-refractivity contribution in [1.29, 1.82) is 0 Å². The topological polar surface area (TPSA) is 40.5 Å². The van der Waals surface area contributed by atoms with Crippen LogP contribution in [0.5, 0.6) is 0 Å². The maximum atomic E-state index is 11.3. The van der Waals surface area contributed by atoms with Crippen LogP contribution in [0.25, 0.3) is 0 Å². The Balaban J connectivity index is 2.46. The summed E-state index contributed by atoms with van der Waals surface area (Å²) in [5.74, 6) is -0.128. The zero-order valence-electron chi connectivity index (χ0n) is 7.16. The second-order valence-electron chi connectivity index (χ2n) is 3.20. The van der Waals surface area contributed by atoms with Gasteiger partial charge in [0, 0.05) is 17.0 Å². The molecule has 1 rings (SSSR count). The van der Waals surface area contributed by atoms with Crippen molar-refractivity contribution in [2.45, 2.75) is 29.8 Å². The van der Waals surface area contributed by atoms with Crippen LogP contribution in [0.4, 0.5) is 0 Å². The maximum absolute atomic E-state index is 11.3. The Bertz CT molecular complexity index is 172. The van der Waals surface area contributed by atoms with Crippen LogP contribution in [0.1, 0.15) is 19.8 Å². The number of rotatable bonds is 1. The highest BCUT2D eigenvalue weighted by atomic mass is 127. The lowest BCUT2D eigenvalue weighted by atomic mass is 10.1. The highest BCUT2D eigenvalue weighted by Crippen LogP contribution is 2.17. The van der Waals surface area contributed by atoms with Crippen LogP contribution in [-0.4, -0.2) is 39.0 Å². The minimum atomic E-state index is -0.841. The number of carbonyl (C=O) groups excluding carboxylic acids is 1. The fourth-order valence-electron chi connectivity index (χ4n) is 1.39. The van der Waals surface area contributed by atoms with Gasteiger partial charge < -0.3 is 10.0 Å². The van der Waals surface area contributed by atoms with Crippen molar-refractivity contribution in [2.24, 2.45) is 0 Å². The number of amides is 1. The lowest BCUT2D eigenvalue weighted by molar-refractivity contribution is -0.139. The lowest BCUT2D eigenvalue weighted by Crippen LogP contribution is -2.44. The summed E-state index contributed by atoms with van der Waals surface area (Å²) in [6.45, 7) is 3.13. The minimum Gasteiger partial charge on any atom is -0.384 e. The monoisotopic (exact) mass is 283 g/mol. The van der Waals surface area contributed by atoms with E-state index in [4.69, 9.17) is 5.11 Å². The molecule has 12 heavy (non-hydrogen) atoms. The van der Waals surface area contributed by atoms with Crippen molar-refractivity contribution in [3.05, 3.63) is 0 Å². The molecule has 2 unspecified atom stereocenters. The first kappa shape index (κ1) is 10.2. The summed E-state index contributed by atoms with van der Waals surface area (Å²) in [4.78, 5) is 13.1. The molecule has 1 N–H and O–H groups in total. The van der Waals surface area contributed by atoms with E-state index in [9.17, 15) is 4.79 Å². The van der Waals surface area contributed by atoms with E-state index in [-0.39, 0.29) is 5.91 Å². The Morgan fingerprint density at radius 1 is 1.75 bits per heavy atom. The molecule has 0 aromatic rings. The molecule has 70 valence electrons. The molecular formula is C8H14INO2. The molecule has 1 heterocycles. The molecule has 3 nitrogen and oxygen atoms in total. The summed E-state index contributed by atoms with van der Waals surface area (Å²) >= 11 is 2.35. The molecule has 1 aliphatic rings. The molecule has 1 fully saturated rings. The number of piperidine rings is 1. The molecule has 0 saturated carbocycles. The Morgan fingerprint density at radius 3 is 2.92 bits per heavy atom. The maximum Gasteiger partial charge on any atom is 0.251 e. The first-order chi connectivity index (χ1) is 5.61. The summed E-state index contributed by atoms with van der Waals surface area (Å²) < 4.78 is 0.555. The number of halogens is 1. The van der Waals surface area contributed by atoms with E-state index in [2.05, 4.69) is 22.6 Å². The van der Waals surface area contributed by atoms with Gasteiger partial charge in [-0.3, -0.25) is 4.79 Å². The van der Waals surface area contributed by atoms with Gasteiger partial charge in [-0.25, -0.2) is 0 Å². The molecule has 0 aromatic heterocycles. The first-order valence-corrected chi connectivity index (χ1v) is 5.46. The fourth-order valence-corrected chi connectivity index (χ4v) is 2.31. The minimum absolute atomic E-state index is 0.128. The lowest BCUT2D eigenvalue weighted by Gasteiger charge is -2.30. The Hall–Kier alpha value is 0.160. The van der Waals surface area contributed by atoms with Gasteiger partial charge in [-0.15, -0.1) is 0 Å². The van der Waals surface area contributed by atoms with Gasteiger partial charge >= 0.3 is 0 Å². The predicted octanol–water partition coefficient (Wildman–Crippen LogP) is 0.793. The fraction of sp³-hybridized carbons (Fsp3) is 0.875. The summed E-state index contributed by atoms with van der Waals surface area (Å²) in [6.07, 6.45) is 1.41.